The Morgan fingerprint density at radius 2 is 1.87 bits per heavy atom. The fraction of sp³-hybridized carbons (Fsp3) is 0.609. The van der Waals surface area contributed by atoms with Crippen LogP contribution in [0.3, 0.4) is 0 Å². The molecule has 0 radical (unpaired) electrons. The van der Waals surface area contributed by atoms with Gasteiger partial charge in [0.25, 0.3) is 5.91 Å². The monoisotopic (exact) mass is 415 g/mol. The highest BCUT2D eigenvalue weighted by Crippen LogP contribution is 2.46. The average Bonchev–Trinajstić information content (AvgIpc) is 3.44. The molecule has 2 saturated carbocycles. The van der Waals surface area contributed by atoms with Crippen LogP contribution in [0.1, 0.15) is 58.4 Å². The summed E-state index contributed by atoms with van der Waals surface area (Å²) in [4.78, 5) is 41.9. The molecule has 1 aliphatic heterocycles. The van der Waals surface area contributed by atoms with E-state index in [0.29, 0.717) is 25.3 Å². The summed E-state index contributed by atoms with van der Waals surface area (Å²) in [5.41, 5.74) is -0.128. The predicted octanol–water partition coefficient (Wildman–Crippen LogP) is 3.45. The maximum absolute atomic E-state index is 13.3. The van der Waals surface area contributed by atoms with Gasteiger partial charge >= 0.3 is 6.03 Å². The van der Waals surface area contributed by atoms with E-state index in [1.54, 1.807) is 17.0 Å². The number of rotatable bonds is 5. The van der Waals surface area contributed by atoms with Gasteiger partial charge in [-0.15, -0.1) is 0 Å². The summed E-state index contributed by atoms with van der Waals surface area (Å²) in [5.74, 6) is -0.532. The number of carbonyl (C=O) groups is 3. The molecule has 162 valence electrons. The lowest BCUT2D eigenvalue weighted by Crippen LogP contribution is -2.54. The fourth-order valence-corrected chi connectivity index (χ4v) is 5.47. The van der Waals surface area contributed by atoms with Crippen LogP contribution >= 0.6 is 0 Å². The summed E-state index contributed by atoms with van der Waals surface area (Å²) in [6, 6.07) is 5.70. The first-order valence-corrected chi connectivity index (χ1v) is 10.8. The molecule has 0 aromatic heterocycles. The molecule has 30 heavy (non-hydrogen) atoms. The van der Waals surface area contributed by atoms with Crippen molar-refractivity contribution >= 4 is 17.8 Å². The van der Waals surface area contributed by atoms with E-state index in [1.807, 2.05) is 0 Å². The number of benzene rings is 1. The highest BCUT2D eigenvalue weighted by atomic mass is 19.1. The summed E-state index contributed by atoms with van der Waals surface area (Å²) in [7, 11) is 0. The van der Waals surface area contributed by atoms with E-state index >= 15 is 0 Å². The smallest absolute Gasteiger partial charge is 0.325 e. The highest BCUT2D eigenvalue weighted by molar-refractivity contribution is 6.09. The van der Waals surface area contributed by atoms with Gasteiger partial charge in [0, 0.05) is 12.6 Å². The Balaban J connectivity index is 1.48. The molecule has 2 atom stereocenters. The predicted molar refractivity (Wildman–Crippen MR) is 110 cm³/mol. The molecule has 1 N–H and O–H groups in total. The zero-order valence-corrected chi connectivity index (χ0v) is 17.9. The van der Waals surface area contributed by atoms with E-state index in [9.17, 15) is 18.8 Å². The van der Waals surface area contributed by atoms with Gasteiger partial charge in [0.1, 0.15) is 17.9 Å². The van der Waals surface area contributed by atoms with E-state index in [4.69, 9.17) is 0 Å². The van der Waals surface area contributed by atoms with Crippen LogP contribution in [0.25, 0.3) is 0 Å². The number of nitrogens with one attached hydrogen (secondary N) is 1. The lowest BCUT2D eigenvalue weighted by molar-refractivity contribution is -0.141. The van der Waals surface area contributed by atoms with Gasteiger partial charge in [-0.05, 0) is 61.1 Å². The van der Waals surface area contributed by atoms with Crippen LogP contribution in [0, 0.1) is 17.2 Å². The number of amides is 4. The quantitative estimate of drug-likeness (QED) is 0.749. The van der Waals surface area contributed by atoms with Gasteiger partial charge in [-0.2, -0.15) is 0 Å². The van der Waals surface area contributed by atoms with Gasteiger partial charge in [0.05, 0.1) is 0 Å². The number of hydrogen-bond acceptors (Lipinski definition) is 3. The molecule has 4 rings (SSSR count). The number of hydrogen-bond donors (Lipinski definition) is 1. The molecule has 1 aromatic carbocycles. The second-order valence-electron chi connectivity index (χ2n) is 10.1. The van der Waals surface area contributed by atoms with Crippen LogP contribution in [-0.4, -0.2) is 45.8 Å². The first-order chi connectivity index (χ1) is 14.1. The van der Waals surface area contributed by atoms with Crippen LogP contribution in [-0.2, 0) is 16.1 Å². The van der Waals surface area contributed by atoms with Gasteiger partial charge in [0.15, 0.2) is 0 Å². The highest BCUT2D eigenvalue weighted by Gasteiger charge is 2.56. The minimum Gasteiger partial charge on any atom is -0.334 e. The van der Waals surface area contributed by atoms with E-state index in [-0.39, 0.29) is 35.6 Å². The number of urea groups is 1. The Bertz CT molecular complexity index is 865. The normalized spacial score (nSPS) is 28.0. The fourth-order valence-electron chi connectivity index (χ4n) is 5.47. The number of imide groups is 1. The van der Waals surface area contributed by atoms with E-state index in [2.05, 4.69) is 26.1 Å². The Hall–Kier alpha value is -2.44. The van der Waals surface area contributed by atoms with Crippen LogP contribution in [0.15, 0.2) is 24.3 Å². The molecule has 1 saturated heterocycles. The lowest BCUT2D eigenvalue weighted by Gasteiger charge is -2.43. The standard InChI is InChI=1S/C23H30FN3O3/c1-15-10-22(2,3)14-23(11-15)20(29)27(21(30)25-23)13-19(28)26(18-8-9-18)12-16-4-6-17(24)7-5-16/h4-7,15,18H,8-14H2,1-3H3,(H,25,30). The van der Waals surface area contributed by atoms with Crippen LogP contribution in [0.2, 0.25) is 0 Å². The maximum Gasteiger partial charge on any atom is 0.325 e. The van der Waals surface area contributed by atoms with Crippen molar-refractivity contribution in [2.75, 3.05) is 6.54 Å². The largest absolute Gasteiger partial charge is 0.334 e. The van der Waals surface area contributed by atoms with E-state index < -0.39 is 11.6 Å². The average molecular weight is 416 g/mol. The Morgan fingerprint density at radius 1 is 1.20 bits per heavy atom. The second-order valence-corrected chi connectivity index (χ2v) is 10.1. The van der Waals surface area contributed by atoms with Gasteiger partial charge in [-0.3, -0.25) is 14.5 Å². The summed E-state index contributed by atoms with van der Waals surface area (Å²) in [5, 5.41) is 2.93. The van der Waals surface area contributed by atoms with Gasteiger partial charge in [-0.1, -0.05) is 32.9 Å². The number of carbonyl (C=O) groups excluding carboxylic acids is 3. The molecule has 6 nitrogen and oxygen atoms in total. The molecule has 4 amide bonds. The first kappa shape index (κ1) is 20.8. The summed E-state index contributed by atoms with van der Waals surface area (Å²) >= 11 is 0. The van der Waals surface area contributed by atoms with Crippen molar-refractivity contribution in [2.45, 2.75) is 71.0 Å². The van der Waals surface area contributed by atoms with Gasteiger partial charge in [-0.25, -0.2) is 9.18 Å². The van der Waals surface area contributed by atoms with E-state index in [1.165, 1.54) is 12.1 Å². The summed E-state index contributed by atoms with van der Waals surface area (Å²) in [6.07, 6.45) is 4.00. The van der Waals surface area contributed by atoms with Crippen molar-refractivity contribution in [2.24, 2.45) is 11.3 Å². The Kier molecular flexibility index (Phi) is 5.11. The lowest BCUT2D eigenvalue weighted by atomic mass is 9.64. The zero-order chi connectivity index (χ0) is 21.7. The third-order valence-electron chi connectivity index (χ3n) is 6.49. The van der Waals surface area contributed by atoms with Crippen LogP contribution in [0.5, 0.6) is 0 Å². The maximum atomic E-state index is 13.3. The van der Waals surface area contributed by atoms with Crippen molar-refractivity contribution in [1.29, 1.82) is 0 Å². The molecule has 1 aromatic rings. The van der Waals surface area contributed by atoms with Gasteiger partial charge < -0.3 is 10.2 Å². The second kappa shape index (κ2) is 7.36. The van der Waals surface area contributed by atoms with Crippen molar-refractivity contribution in [1.82, 2.24) is 15.1 Å². The Morgan fingerprint density at radius 3 is 2.47 bits per heavy atom. The van der Waals surface area contributed by atoms with Crippen molar-refractivity contribution in [3.8, 4) is 0 Å². The topological polar surface area (TPSA) is 69.7 Å². The SMILES string of the molecule is CC1CC(C)(C)CC2(C1)NC(=O)N(CC(=O)N(Cc1ccc(F)cc1)C1CC1)C2=O. The van der Waals surface area contributed by atoms with Crippen molar-refractivity contribution in [3.05, 3.63) is 35.6 Å². The van der Waals surface area contributed by atoms with Crippen LogP contribution < -0.4 is 5.32 Å². The molecule has 3 fully saturated rings. The molecule has 0 bridgehead atoms. The zero-order valence-electron chi connectivity index (χ0n) is 17.9. The minimum absolute atomic E-state index is 0.0523. The van der Waals surface area contributed by atoms with Gasteiger partial charge in [0.2, 0.25) is 5.91 Å². The molecule has 1 spiro atoms. The number of halogens is 1. The molecule has 3 aliphatic rings. The van der Waals surface area contributed by atoms with E-state index in [0.717, 1.165) is 29.7 Å². The van der Waals surface area contributed by atoms with Crippen molar-refractivity contribution in [3.63, 3.8) is 0 Å². The summed E-state index contributed by atoms with van der Waals surface area (Å²) < 4.78 is 13.2. The molecule has 2 unspecified atom stereocenters. The van der Waals surface area contributed by atoms with Crippen molar-refractivity contribution < 1.29 is 18.8 Å². The molecule has 2 aliphatic carbocycles. The minimum atomic E-state index is -0.903. The summed E-state index contributed by atoms with van der Waals surface area (Å²) in [6.45, 7) is 6.44. The molecular weight excluding hydrogens is 385 g/mol. The third-order valence-corrected chi connectivity index (χ3v) is 6.49. The Labute approximate surface area is 176 Å². The third kappa shape index (κ3) is 4.07. The molecule has 7 heteroatoms. The molecule has 1 heterocycles. The van der Waals surface area contributed by atoms with Crippen LogP contribution in [0.4, 0.5) is 9.18 Å². The number of nitrogens with zero attached hydrogens (tertiary/aromatic N) is 2. The first-order valence-electron chi connectivity index (χ1n) is 10.8. The molecular formula is C23H30FN3O3.